The summed E-state index contributed by atoms with van der Waals surface area (Å²) < 4.78 is 38.7. The standard InChI is InChI=1S/C26H28F2N4O5/c1-15-2-3-16(8-19(15)27)36-13-23(34)30-25-4-6-26(7-5-25,22(33)11-25)31-24(35)14-37-17-9-20(28)18-12-29-32-21(18)10-17/h2-3,8-10,12,22,33H,4-7,11,13-14H2,1H3,(H,29,32)(H,30,34)(H,31,35)/t22-,25?,26?/m0/s1. The lowest BCUT2D eigenvalue weighted by atomic mass is 9.60. The lowest BCUT2D eigenvalue weighted by Crippen LogP contribution is -2.70. The summed E-state index contributed by atoms with van der Waals surface area (Å²) in [7, 11) is 0. The number of fused-ring (bicyclic) bond motifs is 4. The summed E-state index contributed by atoms with van der Waals surface area (Å²) in [4.78, 5) is 25.2. The first-order valence-electron chi connectivity index (χ1n) is 12.1. The SMILES string of the molecule is Cc1ccc(OCC(=O)NC23CCC(NC(=O)COc4cc(F)c5cn[nH]c5c4)(CC2)[C@@H](O)C3)cc1F. The van der Waals surface area contributed by atoms with E-state index in [-0.39, 0.29) is 37.0 Å². The first-order chi connectivity index (χ1) is 17.7. The van der Waals surface area contributed by atoms with E-state index < -0.39 is 34.7 Å². The third kappa shape index (κ3) is 5.08. The van der Waals surface area contributed by atoms with Gasteiger partial charge < -0.3 is 25.2 Å². The minimum atomic E-state index is -0.870. The zero-order valence-electron chi connectivity index (χ0n) is 20.3. The molecular weight excluding hydrogens is 486 g/mol. The Balaban J connectivity index is 1.13. The summed E-state index contributed by atoms with van der Waals surface area (Å²) in [5.74, 6) is -1.26. The zero-order chi connectivity index (χ0) is 26.2. The summed E-state index contributed by atoms with van der Waals surface area (Å²) in [6, 6.07) is 7.16. The summed E-state index contributed by atoms with van der Waals surface area (Å²) in [6.07, 6.45) is 2.85. The minimum Gasteiger partial charge on any atom is -0.484 e. The highest BCUT2D eigenvalue weighted by atomic mass is 19.1. The first-order valence-corrected chi connectivity index (χ1v) is 12.1. The molecule has 1 aromatic heterocycles. The molecule has 4 N–H and O–H groups in total. The van der Waals surface area contributed by atoms with Gasteiger partial charge in [-0.2, -0.15) is 5.10 Å². The van der Waals surface area contributed by atoms with Gasteiger partial charge in [0.15, 0.2) is 13.2 Å². The van der Waals surface area contributed by atoms with Crippen LogP contribution in [0.5, 0.6) is 11.5 Å². The molecular formula is C26H28F2N4O5. The Morgan fingerprint density at radius 2 is 1.70 bits per heavy atom. The van der Waals surface area contributed by atoms with Gasteiger partial charge in [0.1, 0.15) is 23.1 Å². The van der Waals surface area contributed by atoms with Crippen LogP contribution < -0.4 is 20.1 Å². The quantitative estimate of drug-likeness (QED) is 0.366. The van der Waals surface area contributed by atoms with Gasteiger partial charge in [-0.15, -0.1) is 0 Å². The fourth-order valence-electron chi connectivity index (χ4n) is 5.33. The third-order valence-electron chi connectivity index (χ3n) is 7.48. The molecule has 0 radical (unpaired) electrons. The molecule has 3 aliphatic carbocycles. The molecule has 2 aromatic carbocycles. The largest absolute Gasteiger partial charge is 0.484 e. The van der Waals surface area contributed by atoms with Gasteiger partial charge in [0.2, 0.25) is 0 Å². The summed E-state index contributed by atoms with van der Waals surface area (Å²) in [6.45, 7) is 1.03. The Morgan fingerprint density at radius 1 is 1.03 bits per heavy atom. The van der Waals surface area contributed by atoms with E-state index in [1.165, 1.54) is 18.3 Å². The molecule has 0 unspecified atom stereocenters. The van der Waals surface area contributed by atoms with Crippen molar-refractivity contribution in [3.8, 4) is 11.5 Å². The lowest BCUT2D eigenvalue weighted by Gasteiger charge is -2.56. The van der Waals surface area contributed by atoms with Gasteiger partial charge in [0.25, 0.3) is 11.8 Å². The molecule has 6 rings (SSSR count). The Bertz CT molecular complexity index is 1340. The Kier molecular flexibility index (Phi) is 6.49. The second-order valence-electron chi connectivity index (χ2n) is 9.98. The number of aryl methyl sites for hydroxylation is 1. The van der Waals surface area contributed by atoms with Crippen LogP contribution in [0.15, 0.2) is 36.5 Å². The molecule has 37 heavy (non-hydrogen) atoms. The number of nitrogens with one attached hydrogen (secondary N) is 3. The average molecular weight is 515 g/mol. The van der Waals surface area contributed by atoms with E-state index in [4.69, 9.17) is 9.47 Å². The number of H-pyrrole nitrogens is 1. The Morgan fingerprint density at radius 3 is 2.41 bits per heavy atom. The number of rotatable bonds is 8. The van der Waals surface area contributed by atoms with Crippen LogP contribution in [-0.4, -0.2) is 57.5 Å². The van der Waals surface area contributed by atoms with Crippen LogP contribution in [0.3, 0.4) is 0 Å². The van der Waals surface area contributed by atoms with Crippen LogP contribution in [-0.2, 0) is 9.59 Å². The smallest absolute Gasteiger partial charge is 0.258 e. The van der Waals surface area contributed by atoms with Crippen molar-refractivity contribution in [2.45, 2.75) is 56.2 Å². The van der Waals surface area contributed by atoms with E-state index in [9.17, 15) is 23.5 Å². The number of ether oxygens (including phenoxy) is 2. The van der Waals surface area contributed by atoms with Gasteiger partial charge in [-0.05, 0) is 50.7 Å². The van der Waals surface area contributed by atoms with Crippen LogP contribution >= 0.6 is 0 Å². The molecule has 11 heteroatoms. The normalized spacial score (nSPS) is 24.6. The number of benzene rings is 2. The van der Waals surface area contributed by atoms with Crippen molar-refractivity contribution in [2.24, 2.45) is 0 Å². The fraction of sp³-hybridized carbons (Fsp3) is 0.423. The molecule has 3 fully saturated rings. The molecule has 0 saturated heterocycles. The Labute approximate surface area is 211 Å². The van der Waals surface area contributed by atoms with Crippen LogP contribution in [0.1, 0.15) is 37.7 Å². The Hall–Kier alpha value is -3.73. The van der Waals surface area contributed by atoms with Crippen LogP contribution in [0.25, 0.3) is 10.9 Å². The van der Waals surface area contributed by atoms with E-state index >= 15 is 0 Å². The molecule has 3 aromatic rings. The van der Waals surface area contributed by atoms with Gasteiger partial charge in [-0.3, -0.25) is 14.7 Å². The van der Waals surface area contributed by atoms with Gasteiger partial charge in [-0.1, -0.05) is 6.07 Å². The summed E-state index contributed by atoms with van der Waals surface area (Å²) in [5.41, 5.74) is -0.473. The van der Waals surface area contributed by atoms with Gasteiger partial charge in [0, 0.05) is 23.7 Å². The van der Waals surface area contributed by atoms with Crippen molar-refractivity contribution in [3.63, 3.8) is 0 Å². The molecule has 196 valence electrons. The lowest BCUT2D eigenvalue weighted by molar-refractivity contribution is -0.137. The van der Waals surface area contributed by atoms with Gasteiger partial charge in [-0.25, -0.2) is 8.78 Å². The van der Waals surface area contributed by atoms with Crippen molar-refractivity contribution in [1.82, 2.24) is 20.8 Å². The van der Waals surface area contributed by atoms with E-state index in [1.807, 2.05) is 0 Å². The maximum absolute atomic E-state index is 14.1. The highest BCUT2D eigenvalue weighted by Crippen LogP contribution is 2.47. The predicted octanol–water partition coefficient (Wildman–Crippen LogP) is 2.66. The summed E-state index contributed by atoms with van der Waals surface area (Å²) >= 11 is 0. The number of carbonyl (C=O) groups excluding carboxylic acids is 2. The third-order valence-corrected chi connectivity index (χ3v) is 7.48. The molecule has 1 heterocycles. The molecule has 2 bridgehead atoms. The predicted molar refractivity (Wildman–Crippen MR) is 129 cm³/mol. The zero-order valence-corrected chi connectivity index (χ0v) is 20.3. The highest BCUT2D eigenvalue weighted by molar-refractivity contribution is 5.81. The van der Waals surface area contributed by atoms with E-state index in [0.29, 0.717) is 42.1 Å². The number of halogens is 2. The molecule has 2 amide bonds. The highest BCUT2D eigenvalue weighted by Gasteiger charge is 2.55. The van der Waals surface area contributed by atoms with E-state index in [2.05, 4.69) is 20.8 Å². The second kappa shape index (κ2) is 9.62. The van der Waals surface area contributed by atoms with Gasteiger partial charge in [0.05, 0.1) is 28.7 Å². The van der Waals surface area contributed by atoms with E-state index in [0.717, 1.165) is 0 Å². The number of amides is 2. The van der Waals surface area contributed by atoms with Crippen LogP contribution in [0.2, 0.25) is 0 Å². The van der Waals surface area contributed by atoms with Crippen molar-refractivity contribution in [3.05, 3.63) is 53.7 Å². The maximum atomic E-state index is 14.1. The number of aromatic amines is 1. The van der Waals surface area contributed by atoms with Crippen molar-refractivity contribution in [1.29, 1.82) is 0 Å². The number of aliphatic hydroxyl groups excluding tert-OH is 1. The molecule has 0 aliphatic heterocycles. The molecule has 0 spiro atoms. The molecule has 9 nitrogen and oxygen atoms in total. The number of carbonyl (C=O) groups is 2. The number of aliphatic hydroxyl groups is 1. The topological polar surface area (TPSA) is 126 Å². The van der Waals surface area contributed by atoms with Crippen molar-refractivity contribution >= 4 is 22.7 Å². The monoisotopic (exact) mass is 514 g/mol. The number of nitrogens with zero attached hydrogens (tertiary/aromatic N) is 1. The minimum absolute atomic E-state index is 0.187. The van der Waals surface area contributed by atoms with Gasteiger partial charge >= 0.3 is 0 Å². The molecule has 3 aliphatic rings. The average Bonchev–Trinajstić information content (AvgIpc) is 3.34. The molecule has 3 saturated carbocycles. The second-order valence-corrected chi connectivity index (χ2v) is 9.98. The number of aromatic nitrogens is 2. The maximum Gasteiger partial charge on any atom is 0.258 e. The van der Waals surface area contributed by atoms with Crippen LogP contribution in [0, 0.1) is 18.6 Å². The number of hydrogen-bond donors (Lipinski definition) is 4. The first kappa shape index (κ1) is 24.9. The fourth-order valence-corrected chi connectivity index (χ4v) is 5.33. The van der Waals surface area contributed by atoms with Crippen LogP contribution in [0.4, 0.5) is 8.78 Å². The van der Waals surface area contributed by atoms with E-state index in [1.54, 1.807) is 25.1 Å². The van der Waals surface area contributed by atoms with Crippen molar-refractivity contribution < 1.29 is 33.0 Å². The summed E-state index contributed by atoms with van der Waals surface area (Å²) in [5, 5.41) is 23.6. The van der Waals surface area contributed by atoms with Crippen molar-refractivity contribution in [2.75, 3.05) is 13.2 Å². The number of hydrogen-bond acceptors (Lipinski definition) is 6. The molecule has 1 atom stereocenters.